The molecule has 0 unspecified atom stereocenters. The molecule has 0 aliphatic rings. The van der Waals surface area contributed by atoms with Gasteiger partial charge in [-0.05, 0) is 35.6 Å². The van der Waals surface area contributed by atoms with E-state index in [9.17, 15) is 0 Å². The van der Waals surface area contributed by atoms with Crippen molar-refractivity contribution in [2.24, 2.45) is 0 Å². The van der Waals surface area contributed by atoms with Gasteiger partial charge in [0.25, 0.3) is 0 Å². The Bertz CT molecular complexity index is 522. The Labute approximate surface area is 95.1 Å². The Balaban J connectivity index is 2.91. The maximum atomic E-state index is 9.12. The fraction of sp³-hybridized carbons (Fsp3) is 0.182. The molecule has 0 fully saturated rings. The highest BCUT2D eigenvalue weighted by atomic mass is 79.9. The molecule has 1 nitrogen and oxygen atoms in total. The van der Waals surface area contributed by atoms with Crippen molar-refractivity contribution in [1.82, 2.24) is 0 Å². The van der Waals surface area contributed by atoms with Crippen LogP contribution in [0.5, 0.6) is 0 Å². The Kier molecular flexibility index (Phi) is 2.58. The molecule has 0 spiro atoms. The van der Waals surface area contributed by atoms with Crippen LogP contribution in [0, 0.1) is 18.3 Å². The molecule has 2 aromatic rings. The van der Waals surface area contributed by atoms with Crippen molar-refractivity contribution in [3.63, 3.8) is 0 Å². The van der Waals surface area contributed by atoms with Crippen molar-refractivity contribution in [3.8, 4) is 6.07 Å². The lowest BCUT2D eigenvalue weighted by atomic mass is 10.0. The van der Waals surface area contributed by atoms with Crippen LogP contribution in [0.1, 0.15) is 16.7 Å². The Morgan fingerprint density at radius 2 is 2.36 bits per heavy atom. The number of nitrogens with zero attached hydrogens (tertiary/aromatic N) is 1. The number of alkyl halides is 1. The summed E-state index contributed by atoms with van der Waals surface area (Å²) in [6.45, 7) is 2.05. The molecule has 0 atom stereocenters. The maximum Gasteiger partial charge on any atom is 0.100 e. The summed E-state index contributed by atoms with van der Waals surface area (Å²) in [5, 5.41) is 13.0. The number of hydrogen-bond acceptors (Lipinski definition) is 2. The molecule has 0 bridgehead atoms. The zero-order valence-corrected chi connectivity index (χ0v) is 10.1. The second-order valence-electron chi connectivity index (χ2n) is 3.12. The zero-order chi connectivity index (χ0) is 10.1. The standard InChI is InChI=1S/C11H8BrNS/c1-7-4-11-8(2-3-14-11)10(6-13)9(7)5-12/h2-4H,5H2,1H3. The average molecular weight is 266 g/mol. The molecule has 0 saturated carbocycles. The second kappa shape index (κ2) is 3.72. The molecule has 0 aliphatic carbocycles. The van der Waals surface area contributed by atoms with E-state index in [0.29, 0.717) is 0 Å². The van der Waals surface area contributed by atoms with Gasteiger partial charge in [-0.15, -0.1) is 11.3 Å². The van der Waals surface area contributed by atoms with Crippen molar-refractivity contribution in [3.05, 3.63) is 34.2 Å². The average Bonchev–Trinajstić information content (AvgIpc) is 2.62. The molecular formula is C11H8BrNS. The smallest absolute Gasteiger partial charge is 0.100 e. The van der Waals surface area contributed by atoms with Crippen molar-refractivity contribution < 1.29 is 0 Å². The zero-order valence-electron chi connectivity index (χ0n) is 7.67. The summed E-state index contributed by atoms with van der Waals surface area (Å²) >= 11 is 5.11. The van der Waals surface area contributed by atoms with Crippen molar-refractivity contribution >= 4 is 37.4 Å². The van der Waals surface area contributed by atoms with Gasteiger partial charge in [0.15, 0.2) is 0 Å². The van der Waals surface area contributed by atoms with E-state index in [-0.39, 0.29) is 0 Å². The quantitative estimate of drug-likeness (QED) is 0.716. The molecule has 0 aliphatic heterocycles. The van der Waals surface area contributed by atoms with Gasteiger partial charge in [-0.2, -0.15) is 5.26 Å². The van der Waals surface area contributed by atoms with Gasteiger partial charge in [0.1, 0.15) is 6.07 Å². The predicted molar refractivity (Wildman–Crippen MR) is 63.9 cm³/mol. The van der Waals surface area contributed by atoms with Crippen LogP contribution in [0.4, 0.5) is 0 Å². The summed E-state index contributed by atoms with van der Waals surface area (Å²) in [6, 6.07) is 6.46. The third-order valence-corrected chi connectivity index (χ3v) is 3.76. The highest BCUT2D eigenvalue weighted by Gasteiger charge is 2.10. The van der Waals surface area contributed by atoms with Gasteiger partial charge in [0.2, 0.25) is 0 Å². The van der Waals surface area contributed by atoms with Crippen molar-refractivity contribution in [1.29, 1.82) is 5.26 Å². The first kappa shape index (κ1) is 9.70. The molecule has 0 radical (unpaired) electrons. The lowest BCUT2D eigenvalue weighted by Gasteiger charge is -2.05. The summed E-state index contributed by atoms with van der Waals surface area (Å²) in [5.41, 5.74) is 3.12. The summed E-state index contributed by atoms with van der Waals surface area (Å²) < 4.78 is 1.20. The molecule has 0 saturated heterocycles. The monoisotopic (exact) mass is 265 g/mol. The van der Waals surface area contributed by atoms with E-state index < -0.39 is 0 Å². The topological polar surface area (TPSA) is 23.8 Å². The SMILES string of the molecule is Cc1cc2sccc2c(C#N)c1CBr. The molecule has 14 heavy (non-hydrogen) atoms. The minimum Gasteiger partial charge on any atom is -0.192 e. The summed E-state index contributed by atoms with van der Waals surface area (Å²) in [5.74, 6) is 0. The number of fused-ring (bicyclic) bond motifs is 1. The highest BCUT2D eigenvalue weighted by Crippen LogP contribution is 2.30. The van der Waals surface area contributed by atoms with Gasteiger partial charge in [-0.1, -0.05) is 15.9 Å². The summed E-state index contributed by atoms with van der Waals surface area (Å²) in [4.78, 5) is 0. The van der Waals surface area contributed by atoms with Crippen molar-refractivity contribution in [2.75, 3.05) is 0 Å². The fourth-order valence-electron chi connectivity index (χ4n) is 1.58. The third-order valence-electron chi connectivity index (χ3n) is 2.34. The molecular weight excluding hydrogens is 258 g/mol. The van der Waals surface area contributed by atoms with E-state index in [0.717, 1.165) is 21.8 Å². The van der Waals surface area contributed by atoms with E-state index in [4.69, 9.17) is 5.26 Å². The summed E-state index contributed by atoms with van der Waals surface area (Å²) in [6.07, 6.45) is 0. The Hall–Kier alpha value is -0.850. The molecule has 2 rings (SSSR count). The van der Waals surface area contributed by atoms with E-state index in [1.54, 1.807) is 11.3 Å². The van der Waals surface area contributed by atoms with Crippen LogP contribution in [0.2, 0.25) is 0 Å². The number of nitriles is 1. The number of benzene rings is 1. The van der Waals surface area contributed by atoms with Gasteiger partial charge >= 0.3 is 0 Å². The van der Waals surface area contributed by atoms with E-state index in [1.165, 1.54) is 10.3 Å². The lowest BCUT2D eigenvalue weighted by molar-refractivity contribution is 1.32. The van der Waals surface area contributed by atoms with Gasteiger partial charge in [0.05, 0.1) is 5.56 Å². The number of thiophene rings is 1. The molecule has 3 heteroatoms. The van der Waals surface area contributed by atoms with Crippen LogP contribution in [-0.4, -0.2) is 0 Å². The molecule has 1 heterocycles. The number of aryl methyl sites for hydroxylation is 1. The van der Waals surface area contributed by atoms with Gasteiger partial charge in [-0.25, -0.2) is 0 Å². The van der Waals surface area contributed by atoms with Gasteiger partial charge in [0, 0.05) is 15.4 Å². The molecule has 0 N–H and O–H groups in total. The van der Waals surface area contributed by atoms with E-state index in [1.807, 2.05) is 11.4 Å². The van der Waals surface area contributed by atoms with Crippen LogP contribution >= 0.6 is 27.3 Å². The molecule has 70 valence electrons. The molecule has 1 aromatic carbocycles. The maximum absolute atomic E-state index is 9.12. The largest absolute Gasteiger partial charge is 0.192 e. The molecule has 1 aromatic heterocycles. The number of rotatable bonds is 1. The number of hydrogen-bond donors (Lipinski definition) is 0. The van der Waals surface area contributed by atoms with Gasteiger partial charge < -0.3 is 0 Å². The minimum absolute atomic E-state index is 0.744. The lowest BCUT2D eigenvalue weighted by Crippen LogP contribution is -1.90. The third kappa shape index (κ3) is 1.35. The Morgan fingerprint density at radius 3 is 3.00 bits per heavy atom. The van der Waals surface area contributed by atoms with Crippen LogP contribution in [0.15, 0.2) is 17.5 Å². The van der Waals surface area contributed by atoms with Crippen LogP contribution < -0.4 is 0 Å². The van der Waals surface area contributed by atoms with Crippen LogP contribution in [0.25, 0.3) is 10.1 Å². The number of halogens is 1. The van der Waals surface area contributed by atoms with Gasteiger partial charge in [-0.3, -0.25) is 0 Å². The van der Waals surface area contributed by atoms with E-state index in [2.05, 4.69) is 35.0 Å². The second-order valence-corrected chi connectivity index (χ2v) is 4.63. The van der Waals surface area contributed by atoms with Crippen LogP contribution in [0.3, 0.4) is 0 Å². The van der Waals surface area contributed by atoms with E-state index >= 15 is 0 Å². The fourth-order valence-corrected chi connectivity index (χ4v) is 3.20. The minimum atomic E-state index is 0.744. The van der Waals surface area contributed by atoms with Crippen molar-refractivity contribution in [2.45, 2.75) is 12.3 Å². The molecule has 0 amide bonds. The first-order valence-electron chi connectivity index (χ1n) is 4.23. The Morgan fingerprint density at radius 1 is 1.57 bits per heavy atom. The first-order chi connectivity index (χ1) is 6.77. The summed E-state index contributed by atoms with van der Waals surface area (Å²) in [7, 11) is 0. The normalized spacial score (nSPS) is 10.4. The highest BCUT2D eigenvalue weighted by molar-refractivity contribution is 9.08. The van der Waals surface area contributed by atoms with Crippen LogP contribution in [-0.2, 0) is 5.33 Å². The predicted octanol–water partition coefficient (Wildman–Crippen LogP) is 3.98. The first-order valence-corrected chi connectivity index (χ1v) is 6.23.